The van der Waals surface area contributed by atoms with Crippen molar-refractivity contribution in [1.82, 2.24) is 0 Å². The molecule has 1 aliphatic carbocycles. The van der Waals surface area contributed by atoms with Gasteiger partial charge in [-0.3, -0.25) is 0 Å². The summed E-state index contributed by atoms with van der Waals surface area (Å²) in [5, 5.41) is 0. The summed E-state index contributed by atoms with van der Waals surface area (Å²) in [5.74, 6) is 7.06. The topological polar surface area (TPSA) is 0 Å². The third kappa shape index (κ3) is 7.31. The van der Waals surface area contributed by atoms with E-state index >= 15 is 0 Å². The van der Waals surface area contributed by atoms with Crippen LogP contribution in [-0.4, -0.2) is 0 Å². The Bertz CT molecular complexity index is 885. The van der Waals surface area contributed by atoms with Crippen LogP contribution in [0.3, 0.4) is 0 Å². The lowest BCUT2D eigenvalue weighted by molar-refractivity contribution is -0.137. The molecule has 3 heteroatoms. The highest BCUT2D eigenvalue weighted by atomic mass is 19.4. The van der Waals surface area contributed by atoms with Gasteiger partial charge in [0, 0.05) is 5.56 Å². The van der Waals surface area contributed by atoms with Crippen LogP contribution in [0.2, 0.25) is 0 Å². The van der Waals surface area contributed by atoms with Gasteiger partial charge >= 0.3 is 6.18 Å². The first kappa shape index (κ1) is 23.2. The summed E-state index contributed by atoms with van der Waals surface area (Å²) >= 11 is 0. The Morgan fingerprint density at radius 2 is 1.58 bits per heavy atom. The number of rotatable bonds is 6. The van der Waals surface area contributed by atoms with E-state index in [1.165, 1.54) is 61.8 Å². The molecule has 0 N–H and O–H groups in total. The molecule has 0 radical (unpaired) electrons. The monoisotopic (exact) mass is 424 g/mol. The largest absolute Gasteiger partial charge is 0.416 e. The average Bonchev–Trinajstić information content (AvgIpc) is 2.78. The molecule has 0 atom stereocenters. The number of benzene rings is 2. The normalized spacial score (nSPS) is 19.2. The average molecular weight is 425 g/mol. The van der Waals surface area contributed by atoms with E-state index < -0.39 is 11.7 Å². The number of unbranched alkanes of at least 4 members (excludes halogenated alkanes) is 2. The predicted octanol–water partition coefficient (Wildman–Crippen LogP) is 8.32. The van der Waals surface area contributed by atoms with E-state index in [2.05, 4.69) is 49.1 Å². The SMILES string of the molecule is CCCCCc1ccc([C@H]2CC[C@H](/C=C/C#Cc3ccc(C(F)(F)F)cc3)CC2)cc1. The van der Waals surface area contributed by atoms with E-state index in [1.54, 1.807) is 0 Å². The summed E-state index contributed by atoms with van der Waals surface area (Å²) in [4.78, 5) is 0. The maximum Gasteiger partial charge on any atom is 0.416 e. The van der Waals surface area contributed by atoms with Crippen molar-refractivity contribution < 1.29 is 13.2 Å². The van der Waals surface area contributed by atoms with E-state index in [9.17, 15) is 13.2 Å². The van der Waals surface area contributed by atoms with Crippen LogP contribution in [0, 0.1) is 17.8 Å². The van der Waals surface area contributed by atoms with Crippen LogP contribution in [0.5, 0.6) is 0 Å². The third-order valence-electron chi connectivity index (χ3n) is 6.17. The Morgan fingerprint density at radius 3 is 2.19 bits per heavy atom. The van der Waals surface area contributed by atoms with Crippen LogP contribution in [-0.2, 0) is 12.6 Å². The second-order valence-corrected chi connectivity index (χ2v) is 8.51. The molecule has 0 nitrogen and oxygen atoms in total. The second kappa shape index (κ2) is 11.2. The lowest BCUT2D eigenvalue weighted by Crippen LogP contribution is -2.11. The Hall–Kier alpha value is -2.47. The van der Waals surface area contributed by atoms with Crippen LogP contribution in [0.25, 0.3) is 0 Å². The molecular formula is C28H31F3. The highest BCUT2D eigenvalue weighted by Crippen LogP contribution is 2.36. The highest BCUT2D eigenvalue weighted by Gasteiger charge is 2.29. The van der Waals surface area contributed by atoms with Crippen LogP contribution < -0.4 is 0 Å². The Kier molecular flexibility index (Phi) is 8.41. The Morgan fingerprint density at radius 1 is 0.903 bits per heavy atom. The summed E-state index contributed by atoms with van der Waals surface area (Å²) < 4.78 is 37.8. The van der Waals surface area contributed by atoms with Crippen LogP contribution in [0.15, 0.2) is 60.7 Å². The molecule has 0 spiro atoms. The van der Waals surface area contributed by atoms with Gasteiger partial charge in [-0.05, 0) is 91.8 Å². The minimum absolute atomic E-state index is 0.534. The summed E-state index contributed by atoms with van der Waals surface area (Å²) in [5.41, 5.74) is 2.86. The zero-order valence-corrected chi connectivity index (χ0v) is 18.2. The van der Waals surface area contributed by atoms with Crippen LogP contribution >= 0.6 is 0 Å². The van der Waals surface area contributed by atoms with Crippen molar-refractivity contribution >= 4 is 0 Å². The Labute approximate surface area is 184 Å². The maximum absolute atomic E-state index is 12.6. The lowest BCUT2D eigenvalue weighted by Gasteiger charge is -2.27. The fourth-order valence-corrected chi connectivity index (χ4v) is 4.23. The second-order valence-electron chi connectivity index (χ2n) is 8.51. The summed E-state index contributed by atoms with van der Waals surface area (Å²) in [6, 6.07) is 14.2. The minimum atomic E-state index is -4.30. The highest BCUT2D eigenvalue weighted by molar-refractivity contribution is 5.39. The van der Waals surface area contributed by atoms with Crippen molar-refractivity contribution in [2.24, 2.45) is 5.92 Å². The van der Waals surface area contributed by atoms with Crippen molar-refractivity contribution in [1.29, 1.82) is 0 Å². The van der Waals surface area contributed by atoms with Gasteiger partial charge in [0.25, 0.3) is 0 Å². The molecule has 0 heterocycles. The van der Waals surface area contributed by atoms with Crippen molar-refractivity contribution in [3.05, 3.63) is 82.9 Å². The quantitative estimate of drug-likeness (QED) is 0.323. The molecule has 0 aromatic heterocycles. The number of allylic oxidation sites excluding steroid dienone is 2. The molecule has 0 aliphatic heterocycles. The van der Waals surface area contributed by atoms with Gasteiger partial charge in [-0.15, -0.1) is 0 Å². The molecule has 0 saturated heterocycles. The third-order valence-corrected chi connectivity index (χ3v) is 6.17. The molecule has 1 saturated carbocycles. The number of hydrogen-bond acceptors (Lipinski definition) is 0. The zero-order chi connectivity index (χ0) is 22.1. The number of hydrogen-bond donors (Lipinski definition) is 0. The maximum atomic E-state index is 12.6. The van der Waals surface area contributed by atoms with E-state index in [0.29, 0.717) is 17.4 Å². The fourth-order valence-electron chi connectivity index (χ4n) is 4.23. The molecule has 31 heavy (non-hydrogen) atoms. The van der Waals surface area contributed by atoms with Gasteiger partial charge in [-0.2, -0.15) is 13.2 Å². The van der Waals surface area contributed by atoms with Gasteiger partial charge in [0.05, 0.1) is 5.56 Å². The molecule has 0 unspecified atom stereocenters. The first-order chi connectivity index (χ1) is 15.0. The van der Waals surface area contributed by atoms with Gasteiger partial charge in [0.15, 0.2) is 0 Å². The van der Waals surface area contributed by atoms with Crippen LogP contribution in [0.1, 0.15) is 80.0 Å². The van der Waals surface area contributed by atoms with Gasteiger partial charge in [0.2, 0.25) is 0 Å². The Balaban J connectivity index is 1.45. The zero-order valence-electron chi connectivity index (χ0n) is 18.2. The minimum Gasteiger partial charge on any atom is -0.166 e. The number of aryl methyl sites for hydroxylation is 1. The molecule has 1 fully saturated rings. The fraction of sp³-hybridized carbons (Fsp3) is 0.429. The summed E-state index contributed by atoms with van der Waals surface area (Å²) in [6.07, 6.45) is 9.41. The van der Waals surface area contributed by atoms with E-state index in [4.69, 9.17) is 0 Å². The first-order valence-electron chi connectivity index (χ1n) is 11.4. The molecule has 0 amide bonds. The lowest BCUT2D eigenvalue weighted by atomic mass is 9.78. The molecular weight excluding hydrogens is 393 g/mol. The van der Waals surface area contributed by atoms with E-state index in [1.807, 2.05) is 6.08 Å². The van der Waals surface area contributed by atoms with Crippen molar-refractivity contribution in [3.8, 4) is 11.8 Å². The van der Waals surface area contributed by atoms with Gasteiger partial charge < -0.3 is 0 Å². The summed E-state index contributed by atoms with van der Waals surface area (Å²) in [7, 11) is 0. The number of alkyl halides is 3. The van der Waals surface area contributed by atoms with Crippen molar-refractivity contribution in [3.63, 3.8) is 0 Å². The molecule has 164 valence electrons. The molecule has 1 aliphatic rings. The van der Waals surface area contributed by atoms with Crippen LogP contribution in [0.4, 0.5) is 13.2 Å². The van der Waals surface area contributed by atoms with Gasteiger partial charge in [0.1, 0.15) is 0 Å². The molecule has 3 rings (SSSR count). The molecule has 0 bridgehead atoms. The van der Waals surface area contributed by atoms with E-state index in [0.717, 1.165) is 25.0 Å². The van der Waals surface area contributed by atoms with Crippen molar-refractivity contribution in [2.45, 2.75) is 70.4 Å². The van der Waals surface area contributed by atoms with Crippen molar-refractivity contribution in [2.75, 3.05) is 0 Å². The number of halogens is 3. The summed E-state index contributed by atoms with van der Waals surface area (Å²) in [6.45, 7) is 2.24. The van der Waals surface area contributed by atoms with Gasteiger partial charge in [-0.1, -0.05) is 61.9 Å². The van der Waals surface area contributed by atoms with E-state index in [-0.39, 0.29) is 0 Å². The first-order valence-corrected chi connectivity index (χ1v) is 11.4. The van der Waals surface area contributed by atoms with Gasteiger partial charge in [-0.25, -0.2) is 0 Å². The molecule has 2 aromatic carbocycles. The smallest absolute Gasteiger partial charge is 0.166 e. The predicted molar refractivity (Wildman–Crippen MR) is 122 cm³/mol. The standard InChI is InChI=1S/C28H31F3/c1-2-3-4-7-22-10-16-25(17-11-22)26-18-12-23(13-19-26)8-5-6-9-24-14-20-27(21-15-24)28(29,30)31/h5,8,10-11,14-17,20-21,23,26H,2-4,7,12-13,18-19H2,1H3/b8-5+/t23-,26-. The molecule has 2 aromatic rings.